The van der Waals surface area contributed by atoms with E-state index in [1.807, 2.05) is 11.3 Å². The third-order valence-electron chi connectivity index (χ3n) is 14.8. The Bertz CT molecular complexity index is 2540. The van der Waals surface area contributed by atoms with Crippen molar-refractivity contribution >= 4 is 67.1 Å². The van der Waals surface area contributed by atoms with E-state index in [1.165, 1.54) is 130 Å². The van der Waals surface area contributed by atoms with Gasteiger partial charge in [0.25, 0.3) is 0 Å². The number of thiophene rings is 1. The van der Waals surface area contributed by atoms with Crippen LogP contribution in [0.25, 0.3) is 10.1 Å². The standard InChI is InChI=1S/C61H79ClN2S/c1-12-16-22-43(6)47-34-46(25-19-15-4)35-51(37-47)63(49-26-20-21-42(5)33-49)55-38-48(44(7)23-17-13-2)39-56(59(55)62)64(57-41-65-58-30-27-45(24-18-14-3)36-52(57)58)50-28-29-53-54(40-50)61(10,11)32-31-60(53,8)9/h20-21,26-30,33-41,43-44H,12-19,22-25,31-32H2,1-11H3. The van der Waals surface area contributed by atoms with Gasteiger partial charge in [0, 0.05) is 32.5 Å². The van der Waals surface area contributed by atoms with Crippen LogP contribution in [0, 0.1) is 6.92 Å². The Morgan fingerprint density at radius 1 is 0.569 bits per heavy atom. The van der Waals surface area contributed by atoms with Gasteiger partial charge in [-0.2, -0.15) is 0 Å². The molecule has 2 atom stereocenters. The van der Waals surface area contributed by atoms with E-state index >= 15 is 0 Å². The minimum absolute atomic E-state index is 0.0543. The zero-order valence-electron chi connectivity index (χ0n) is 42.0. The SMILES string of the molecule is CCCCc1cc(C(C)CCCC)cc(N(c2cccc(C)c2)c2cc(C(C)CCCC)cc(N(c3ccc4c(c3)C(C)(C)CCC4(C)C)c3csc4ccc(CCCC)cc34)c2Cl)c1. The molecule has 2 unspecified atom stereocenters. The van der Waals surface area contributed by atoms with Gasteiger partial charge in [-0.25, -0.2) is 0 Å². The van der Waals surface area contributed by atoms with Crippen molar-refractivity contribution in [2.75, 3.05) is 9.80 Å². The Kier molecular flexibility index (Phi) is 16.0. The van der Waals surface area contributed by atoms with Gasteiger partial charge in [-0.1, -0.05) is 150 Å². The molecule has 4 heteroatoms. The van der Waals surface area contributed by atoms with Crippen LogP contribution in [0.5, 0.6) is 0 Å². The van der Waals surface area contributed by atoms with E-state index in [0.29, 0.717) is 11.8 Å². The Morgan fingerprint density at radius 2 is 1.17 bits per heavy atom. The number of hydrogen-bond acceptors (Lipinski definition) is 3. The number of benzene rings is 5. The van der Waals surface area contributed by atoms with Crippen molar-refractivity contribution in [2.24, 2.45) is 0 Å². The Morgan fingerprint density at radius 3 is 1.82 bits per heavy atom. The third-order valence-corrected chi connectivity index (χ3v) is 16.1. The minimum atomic E-state index is 0.0543. The summed E-state index contributed by atoms with van der Waals surface area (Å²) in [5, 5.41) is 4.47. The second kappa shape index (κ2) is 21.3. The molecular weight excluding hydrogens is 828 g/mol. The van der Waals surface area contributed by atoms with E-state index in [-0.39, 0.29) is 10.8 Å². The highest BCUT2D eigenvalue weighted by Gasteiger charge is 2.38. The Labute approximate surface area is 403 Å². The molecule has 1 aliphatic rings. The largest absolute Gasteiger partial charge is 0.309 e. The average Bonchev–Trinajstić information content (AvgIpc) is 3.71. The molecular formula is C61H79ClN2S. The van der Waals surface area contributed by atoms with Gasteiger partial charge < -0.3 is 9.80 Å². The molecule has 0 aliphatic heterocycles. The van der Waals surface area contributed by atoms with E-state index < -0.39 is 0 Å². The first-order valence-corrected chi connectivity index (χ1v) is 26.7. The van der Waals surface area contributed by atoms with Crippen molar-refractivity contribution in [1.82, 2.24) is 0 Å². The van der Waals surface area contributed by atoms with E-state index in [9.17, 15) is 0 Å². The molecule has 7 rings (SSSR count). The first-order chi connectivity index (χ1) is 31.2. The molecule has 5 aromatic carbocycles. The molecule has 65 heavy (non-hydrogen) atoms. The molecule has 346 valence electrons. The normalized spacial score (nSPS) is 15.2. The number of nitrogens with zero attached hydrogens (tertiary/aromatic N) is 2. The van der Waals surface area contributed by atoms with Crippen LogP contribution in [0.4, 0.5) is 34.1 Å². The van der Waals surface area contributed by atoms with E-state index in [1.54, 1.807) is 0 Å². The first kappa shape index (κ1) is 48.9. The highest BCUT2D eigenvalue weighted by Crippen LogP contribution is 2.53. The van der Waals surface area contributed by atoms with Gasteiger partial charge in [-0.3, -0.25) is 0 Å². The molecule has 0 amide bonds. The van der Waals surface area contributed by atoms with Crippen LogP contribution >= 0.6 is 22.9 Å². The smallest absolute Gasteiger partial charge is 0.0887 e. The van der Waals surface area contributed by atoms with Crippen LogP contribution in [0.3, 0.4) is 0 Å². The van der Waals surface area contributed by atoms with Crippen molar-refractivity contribution in [1.29, 1.82) is 0 Å². The highest BCUT2D eigenvalue weighted by atomic mass is 35.5. The predicted octanol–water partition coefficient (Wildman–Crippen LogP) is 20.4. The number of anilines is 6. The van der Waals surface area contributed by atoms with E-state index in [2.05, 4.69) is 182 Å². The zero-order chi connectivity index (χ0) is 46.5. The summed E-state index contributed by atoms with van der Waals surface area (Å²) in [6, 6.07) is 35.9. The summed E-state index contributed by atoms with van der Waals surface area (Å²) < 4.78 is 1.31. The van der Waals surface area contributed by atoms with Gasteiger partial charge in [0.2, 0.25) is 0 Å². The average molecular weight is 908 g/mol. The van der Waals surface area contributed by atoms with E-state index in [4.69, 9.17) is 11.6 Å². The quantitative estimate of drug-likeness (QED) is 0.0753. The summed E-state index contributed by atoms with van der Waals surface area (Å²) in [5.41, 5.74) is 16.7. The van der Waals surface area contributed by atoms with Crippen molar-refractivity contribution in [2.45, 2.75) is 189 Å². The van der Waals surface area contributed by atoms with E-state index in [0.717, 1.165) is 47.8 Å². The van der Waals surface area contributed by atoms with Gasteiger partial charge in [0.1, 0.15) is 0 Å². The number of rotatable bonds is 20. The summed E-state index contributed by atoms with van der Waals surface area (Å²) in [6.07, 6.45) is 16.3. The number of hydrogen-bond donors (Lipinski definition) is 0. The minimum Gasteiger partial charge on any atom is -0.309 e. The van der Waals surface area contributed by atoms with Gasteiger partial charge in [-0.05, 0) is 181 Å². The maximum Gasteiger partial charge on any atom is 0.0887 e. The second-order valence-electron chi connectivity index (χ2n) is 21.1. The van der Waals surface area contributed by atoms with Crippen LogP contribution in [0.1, 0.15) is 197 Å². The van der Waals surface area contributed by atoms with Crippen LogP contribution in [0.15, 0.2) is 96.4 Å². The summed E-state index contributed by atoms with van der Waals surface area (Å²) >= 11 is 10.1. The summed E-state index contributed by atoms with van der Waals surface area (Å²) in [4.78, 5) is 5.05. The van der Waals surface area contributed by atoms with Gasteiger partial charge in [-0.15, -0.1) is 11.3 Å². The fourth-order valence-corrected chi connectivity index (χ4v) is 11.5. The number of aryl methyl sites for hydroxylation is 3. The number of halogens is 1. The molecule has 0 bridgehead atoms. The molecule has 1 aromatic heterocycles. The van der Waals surface area contributed by atoms with Gasteiger partial charge in [0.15, 0.2) is 0 Å². The lowest BCUT2D eigenvalue weighted by Gasteiger charge is -2.42. The molecule has 0 fully saturated rings. The molecule has 0 spiro atoms. The molecule has 2 nitrogen and oxygen atoms in total. The van der Waals surface area contributed by atoms with Gasteiger partial charge >= 0.3 is 0 Å². The Hall–Kier alpha value is -4.05. The second-order valence-corrected chi connectivity index (χ2v) is 22.3. The fraction of sp³-hybridized carbons (Fsp3) is 0.475. The van der Waals surface area contributed by atoms with Crippen LogP contribution in [0.2, 0.25) is 5.02 Å². The number of unbranched alkanes of at least 4 members (excludes halogenated alkanes) is 4. The molecule has 1 heterocycles. The monoisotopic (exact) mass is 907 g/mol. The first-order valence-electron chi connectivity index (χ1n) is 25.5. The molecule has 0 N–H and O–H groups in total. The number of fused-ring (bicyclic) bond motifs is 2. The fourth-order valence-electron chi connectivity index (χ4n) is 10.3. The van der Waals surface area contributed by atoms with Gasteiger partial charge in [0.05, 0.1) is 22.1 Å². The van der Waals surface area contributed by atoms with Crippen molar-refractivity contribution in [3.63, 3.8) is 0 Å². The summed E-state index contributed by atoms with van der Waals surface area (Å²) in [7, 11) is 0. The van der Waals surface area contributed by atoms with Crippen LogP contribution in [-0.2, 0) is 23.7 Å². The highest BCUT2D eigenvalue weighted by molar-refractivity contribution is 7.17. The maximum absolute atomic E-state index is 8.30. The molecule has 0 saturated carbocycles. The summed E-state index contributed by atoms with van der Waals surface area (Å²) in [5.74, 6) is 0.804. The lowest BCUT2D eigenvalue weighted by molar-refractivity contribution is 0.332. The molecule has 0 radical (unpaired) electrons. The third kappa shape index (κ3) is 10.9. The van der Waals surface area contributed by atoms with Crippen molar-refractivity contribution in [3.05, 3.63) is 140 Å². The lowest BCUT2D eigenvalue weighted by atomic mass is 9.63. The van der Waals surface area contributed by atoms with Crippen LogP contribution < -0.4 is 9.80 Å². The molecule has 6 aromatic rings. The summed E-state index contributed by atoms with van der Waals surface area (Å²) in [6.45, 7) is 26.0. The molecule has 1 aliphatic carbocycles. The topological polar surface area (TPSA) is 6.48 Å². The zero-order valence-corrected chi connectivity index (χ0v) is 43.5. The molecule has 0 saturated heterocycles. The van der Waals surface area contributed by atoms with Crippen molar-refractivity contribution in [3.8, 4) is 0 Å². The maximum atomic E-state index is 8.30. The Balaban J connectivity index is 1.56. The predicted molar refractivity (Wildman–Crippen MR) is 289 cm³/mol. The van der Waals surface area contributed by atoms with Crippen molar-refractivity contribution < 1.29 is 0 Å². The lowest BCUT2D eigenvalue weighted by Crippen LogP contribution is -2.34. The van der Waals surface area contributed by atoms with Crippen LogP contribution in [-0.4, -0.2) is 0 Å².